The van der Waals surface area contributed by atoms with Gasteiger partial charge in [0.05, 0.1) is 24.2 Å². The zero-order chi connectivity index (χ0) is 19.3. The smallest absolute Gasteiger partial charge is 0.251 e. The van der Waals surface area contributed by atoms with Crippen LogP contribution in [0.2, 0.25) is 0 Å². The molecular weight excluding hydrogens is 368 g/mol. The first-order valence-electron chi connectivity index (χ1n) is 9.63. The van der Waals surface area contributed by atoms with Crippen molar-refractivity contribution >= 4 is 15.9 Å². The highest BCUT2D eigenvalue weighted by atomic mass is 32.2. The molecule has 1 aliphatic heterocycles. The van der Waals surface area contributed by atoms with Gasteiger partial charge in [-0.2, -0.15) is 4.31 Å². The Balaban J connectivity index is 1.56. The number of sulfonamides is 1. The van der Waals surface area contributed by atoms with Gasteiger partial charge in [-0.1, -0.05) is 19.3 Å². The number of hydrogen-bond donors (Lipinski definition) is 2. The molecule has 27 heavy (non-hydrogen) atoms. The molecule has 2 fully saturated rings. The molecule has 2 N–H and O–H groups in total. The van der Waals surface area contributed by atoms with Crippen LogP contribution in [0.15, 0.2) is 29.2 Å². The molecule has 150 valence electrons. The van der Waals surface area contributed by atoms with Crippen LogP contribution in [0.4, 0.5) is 0 Å². The van der Waals surface area contributed by atoms with Gasteiger partial charge in [-0.15, -0.1) is 0 Å². The van der Waals surface area contributed by atoms with Crippen molar-refractivity contribution in [2.24, 2.45) is 5.92 Å². The molecule has 1 aromatic carbocycles. The van der Waals surface area contributed by atoms with Crippen LogP contribution in [0.25, 0.3) is 0 Å². The third kappa shape index (κ3) is 5.07. The van der Waals surface area contributed by atoms with E-state index in [2.05, 4.69) is 5.32 Å². The minimum atomic E-state index is -3.56. The number of nitrogens with one attached hydrogen (secondary N) is 1. The summed E-state index contributed by atoms with van der Waals surface area (Å²) in [6, 6.07) is 5.93. The van der Waals surface area contributed by atoms with Gasteiger partial charge in [0.15, 0.2) is 0 Å². The molecule has 1 aliphatic carbocycles. The quantitative estimate of drug-likeness (QED) is 0.757. The second-order valence-corrected chi connectivity index (χ2v) is 9.15. The summed E-state index contributed by atoms with van der Waals surface area (Å²) in [6.07, 6.45) is 4.96. The molecule has 1 unspecified atom stereocenters. The van der Waals surface area contributed by atoms with E-state index in [4.69, 9.17) is 4.74 Å². The number of morpholine rings is 1. The summed E-state index contributed by atoms with van der Waals surface area (Å²) in [4.78, 5) is 12.5. The molecule has 0 aromatic heterocycles. The third-order valence-electron chi connectivity index (χ3n) is 5.39. The molecule has 0 spiro atoms. The molecule has 1 saturated heterocycles. The maximum absolute atomic E-state index is 12.6. The summed E-state index contributed by atoms with van der Waals surface area (Å²) >= 11 is 0. The molecule has 1 aromatic rings. The molecule has 0 radical (unpaired) electrons. The van der Waals surface area contributed by atoms with E-state index >= 15 is 0 Å². The Kier molecular flexibility index (Phi) is 6.86. The Morgan fingerprint density at radius 3 is 2.41 bits per heavy atom. The van der Waals surface area contributed by atoms with Crippen LogP contribution in [0.1, 0.15) is 42.5 Å². The Bertz CT molecular complexity index is 723. The molecular formula is C19H28N2O5S. The lowest BCUT2D eigenvalue weighted by molar-refractivity contribution is 0.0730. The predicted molar refractivity (Wildman–Crippen MR) is 101 cm³/mol. The number of hydrogen-bond acceptors (Lipinski definition) is 5. The lowest BCUT2D eigenvalue weighted by Crippen LogP contribution is -2.40. The first-order valence-corrected chi connectivity index (χ1v) is 11.1. The van der Waals surface area contributed by atoms with Crippen LogP contribution in [-0.2, 0) is 14.8 Å². The fourth-order valence-electron chi connectivity index (χ4n) is 3.70. The minimum Gasteiger partial charge on any atom is -0.391 e. The van der Waals surface area contributed by atoms with E-state index in [0.29, 0.717) is 31.9 Å². The maximum Gasteiger partial charge on any atom is 0.251 e. The van der Waals surface area contributed by atoms with E-state index in [0.717, 1.165) is 25.7 Å². The van der Waals surface area contributed by atoms with Crippen LogP contribution >= 0.6 is 0 Å². The van der Waals surface area contributed by atoms with E-state index in [-0.39, 0.29) is 23.3 Å². The van der Waals surface area contributed by atoms with Gasteiger partial charge in [0.25, 0.3) is 5.91 Å². The number of carbonyl (C=O) groups excluding carboxylic acids is 1. The molecule has 2 aliphatic rings. The number of benzene rings is 1. The zero-order valence-electron chi connectivity index (χ0n) is 15.5. The number of nitrogens with zero attached hydrogens (tertiary/aromatic N) is 1. The van der Waals surface area contributed by atoms with Gasteiger partial charge in [0.2, 0.25) is 10.0 Å². The summed E-state index contributed by atoms with van der Waals surface area (Å²) in [7, 11) is -3.56. The maximum atomic E-state index is 12.6. The van der Waals surface area contributed by atoms with Crippen molar-refractivity contribution in [2.75, 3.05) is 32.8 Å². The van der Waals surface area contributed by atoms with Crippen LogP contribution < -0.4 is 5.32 Å². The second kappa shape index (κ2) is 9.14. The average Bonchev–Trinajstić information content (AvgIpc) is 2.73. The van der Waals surface area contributed by atoms with E-state index in [9.17, 15) is 18.3 Å². The minimum absolute atomic E-state index is 0.170. The molecule has 1 saturated carbocycles. The average molecular weight is 397 g/mol. The van der Waals surface area contributed by atoms with Crippen molar-refractivity contribution in [3.63, 3.8) is 0 Å². The molecule has 8 heteroatoms. The lowest BCUT2D eigenvalue weighted by atomic mass is 9.85. The van der Waals surface area contributed by atoms with Gasteiger partial charge in [0, 0.05) is 25.2 Å². The van der Waals surface area contributed by atoms with Crippen molar-refractivity contribution in [3.05, 3.63) is 29.8 Å². The topological polar surface area (TPSA) is 95.9 Å². The van der Waals surface area contributed by atoms with Crippen LogP contribution in [0.3, 0.4) is 0 Å². The number of rotatable bonds is 6. The van der Waals surface area contributed by atoms with Gasteiger partial charge in [-0.05, 0) is 43.0 Å². The fraction of sp³-hybridized carbons (Fsp3) is 0.632. The SMILES string of the molecule is O=C(NCC(O)C1CCCCC1)c1ccc(S(=O)(=O)N2CCOCC2)cc1. The molecule has 7 nitrogen and oxygen atoms in total. The number of aliphatic hydroxyl groups is 1. The molecule has 1 atom stereocenters. The summed E-state index contributed by atoms with van der Waals surface area (Å²) in [6.45, 7) is 1.68. The first kappa shape index (κ1) is 20.3. The zero-order valence-corrected chi connectivity index (χ0v) is 16.3. The highest BCUT2D eigenvalue weighted by molar-refractivity contribution is 7.89. The molecule has 1 amide bonds. The van der Waals surface area contributed by atoms with Crippen LogP contribution in [0.5, 0.6) is 0 Å². The number of aliphatic hydroxyl groups excluding tert-OH is 1. The van der Waals surface area contributed by atoms with Gasteiger partial charge in [-0.3, -0.25) is 4.79 Å². The summed E-state index contributed by atoms with van der Waals surface area (Å²) in [5.74, 6) is -0.0553. The van der Waals surface area contributed by atoms with Crippen molar-refractivity contribution in [2.45, 2.75) is 43.1 Å². The standard InChI is InChI=1S/C19H28N2O5S/c22-18(15-4-2-1-3-5-15)14-20-19(23)16-6-8-17(9-7-16)27(24,25)21-10-12-26-13-11-21/h6-9,15,18,22H,1-5,10-14H2,(H,20,23). The van der Waals surface area contributed by atoms with Gasteiger partial charge in [-0.25, -0.2) is 8.42 Å². The summed E-state index contributed by atoms with van der Waals surface area (Å²) < 4.78 is 31.8. The summed E-state index contributed by atoms with van der Waals surface area (Å²) in [5, 5.41) is 13.0. The van der Waals surface area contributed by atoms with E-state index in [1.807, 2.05) is 0 Å². The first-order chi connectivity index (χ1) is 13.0. The van der Waals surface area contributed by atoms with Crippen LogP contribution in [0, 0.1) is 5.92 Å². The van der Waals surface area contributed by atoms with Crippen molar-refractivity contribution in [3.8, 4) is 0 Å². The monoisotopic (exact) mass is 396 g/mol. The Labute approximate surface area is 160 Å². The predicted octanol–water partition coefficient (Wildman–Crippen LogP) is 1.38. The lowest BCUT2D eigenvalue weighted by Gasteiger charge is -2.26. The Hall–Kier alpha value is -1.48. The van der Waals surface area contributed by atoms with E-state index in [1.165, 1.54) is 35.0 Å². The number of carbonyl (C=O) groups is 1. The Morgan fingerprint density at radius 2 is 1.78 bits per heavy atom. The fourth-order valence-corrected chi connectivity index (χ4v) is 5.11. The Morgan fingerprint density at radius 1 is 1.15 bits per heavy atom. The highest BCUT2D eigenvalue weighted by Gasteiger charge is 2.26. The third-order valence-corrected chi connectivity index (χ3v) is 7.30. The van der Waals surface area contributed by atoms with Crippen molar-refractivity contribution in [1.29, 1.82) is 0 Å². The van der Waals surface area contributed by atoms with Gasteiger partial charge >= 0.3 is 0 Å². The molecule has 0 bridgehead atoms. The molecule has 3 rings (SSSR count). The normalized spacial score (nSPS) is 20.9. The van der Waals surface area contributed by atoms with E-state index < -0.39 is 16.1 Å². The van der Waals surface area contributed by atoms with Gasteiger partial charge in [0.1, 0.15) is 0 Å². The highest BCUT2D eigenvalue weighted by Crippen LogP contribution is 2.26. The molecule has 1 heterocycles. The van der Waals surface area contributed by atoms with Crippen molar-refractivity contribution < 1.29 is 23.1 Å². The van der Waals surface area contributed by atoms with Gasteiger partial charge < -0.3 is 15.2 Å². The van der Waals surface area contributed by atoms with Crippen LogP contribution in [-0.4, -0.2) is 62.7 Å². The summed E-state index contributed by atoms with van der Waals surface area (Å²) in [5.41, 5.74) is 0.381. The van der Waals surface area contributed by atoms with Crippen molar-refractivity contribution in [1.82, 2.24) is 9.62 Å². The van der Waals surface area contributed by atoms with E-state index in [1.54, 1.807) is 0 Å². The second-order valence-electron chi connectivity index (χ2n) is 7.22. The number of ether oxygens (including phenoxy) is 1. The number of amides is 1. The largest absolute Gasteiger partial charge is 0.391 e.